The lowest BCUT2D eigenvalue weighted by Crippen LogP contribution is -2.50. The van der Waals surface area contributed by atoms with E-state index in [1.54, 1.807) is 13.2 Å². The molecule has 2 fully saturated rings. The van der Waals surface area contributed by atoms with Gasteiger partial charge in [0, 0.05) is 18.2 Å². The molecule has 0 radical (unpaired) electrons. The first-order valence-corrected chi connectivity index (χ1v) is 9.03. The van der Waals surface area contributed by atoms with E-state index in [0.717, 1.165) is 38.1 Å². The van der Waals surface area contributed by atoms with Crippen LogP contribution in [0.2, 0.25) is 0 Å². The maximum absolute atomic E-state index is 12.5. The van der Waals surface area contributed by atoms with Crippen LogP contribution in [0, 0.1) is 5.92 Å². The van der Waals surface area contributed by atoms with Crippen molar-refractivity contribution in [2.45, 2.75) is 51.2 Å². The van der Waals surface area contributed by atoms with Crippen LogP contribution in [0.4, 0.5) is 0 Å². The van der Waals surface area contributed by atoms with Gasteiger partial charge in [-0.05, 0) is 62.8 Å². The Bertz CT molecular complexity index is 570. The number of methoxy groups -OCH3 is 1. The SMILES string of the molecule is COc1cc(C(=O)NC2CNCCC2C)ccc1OC1CCCC1. The first-order valence-electron chi connectivity index (χ1n) is 9.03. The van der Waals surface area contributed by atoms with E-state index < -0.39 is 0 Å². The second-order valence-corrected chi connectivity index (χ2v) is 6.94. The molecule has 2 unspecified atom stereocenters. The highest BCUT2D eigenvalue weighted by Gasteiger charge is 2.24. The van der Waals surface area contributed by atoms with Crippen LogP contribution in [-0.2, 0) is 0 Å². The molecule has 1 aliphatic carbocycles. The Morgan fingerprint density at radius 1 is 1.21 bits per heavy atom. The summed E-state index contributed by atoms with van der Waals surface area (Å²) in [6, 6.07) is 5.63. The van der Waals surface area contributed by atoms with Crippen molar-refractivity contribution in [3.63, 3.8) is 0 Å². The van der Waals surface area contributed by atoms with E-state index in [0.29, 0.717) is 17.2 Å². The predicted octanol–water partition coefficient (Wildman–Crippen LogP) is 2.74. The minimum atomic E-state index is -0.0544. The molecule has 2 aliphatic rings. The molecule has 1 aliphatic heterocycles. The molecule has 1 saturated carbocycles. The Balaban J connectivity index is 1.67. The van der Waals surface area contributed by atoms with Gasteiger partial charge >= 0.3 is 0 Å². The van der Waals surface area contributed by atoms with E-state index in [1.807, 2.05) is 12.1 Å². The van der Waals surface area contributed by atoms with Crippen molar-refractivity contribution in [1.82, 2.24) is 10.6 Å². The average molecular weight is 332 g/mol. The second-order valence-electron chi connectivity index (χ2n) is 6.94. The Morgan fingerprint density at radius 2 is 2.00 bits per heavy atom. The Kier molecular flexibility index (Phi) is 5.61. The minimum absolute atomic E-state index is 0.0544. The molecule has 132 valence electrons. The summed E-state index contributed by atoms with van der Waals surface area (Å²) in [5.74, 6) is 1.79. The predicted molar refractivity (Wildman–Crippen MR) is 93.8 cm³/mol. The van der Waals surface area contributed by atoms with Crippen LogP contribution in [0.5, 0.6) is 11.5 Å². The van der Waals surface area contributed by atoms with Crippen LogP contribution in [0.1, 0.15) is 49.4 Å². The van der Waals surface area contributed by atoms with Gasteiger partial charge in [0.15, 0.2) is 11.5 Å². The molecule has 2 atom stereocenters. The number of nitrogens with one attached hydrogen (secondary N) is 2. The molecule has 24 heavy (non-hydrogen) atoms. The van der Waals surface area contributed by atoms with E-state index in [2.05, 4.69) is 17.6 Å². The van der Waals surface area contributed by atoms with Crippen molar-refractivity contribution in [2.75, 3.05) is 20.2 Å². The highest BCUT2D eigenvalue weighted by atomic mass is 16.5. The number of carbonyl (C=O) groups is 1. The molecule has 1 heterocycles. The zero-order chi connectivity index (χ0) is 16.9. The van der Waals surface area contributed by atoms with Gasteiger partial charge in [-0.2, -0.15) is 0 Å². The fourth-order valence-electron chi connectivity index (χ4n) is 3.53. The summed E-state index contributed by atoms with van der Waals surface area (Å²) in [6.07, 6.45) is 5.99. The van der Waals surface area contributed by atoms with Crippen molar-refractivity contribution < 1.29 is 14.3 Å². The summed E-state index contributed by atoms with van der Waals surface area (Å²) in [5.41, 5.74) is 0.614. The smallest absolute Gasteiger partial charge is 0.251 e. The molecular weight excluding hydrogens is 304 g/mol. The zero-order valence-electron chi connectivity index (χ0n) is 14.6. The monoisotopic (exact) mass is 332 g/mol. The quantitative estimate of drug-likeness (QED) is 0.870. The molecule has 1 amide bonds. The van der Waals surface area contributed by atoms with Gasteiger partial charge in [0.05, 0.1) is 13.2 Å². The van der Waals surface area contributed by atoms with Crippen LogP contribution < -0.4 is 20.1 Å². The highest BCUT2D eigenvalue weighted by Crippen LogP contribution is 2.32. The number of benzene rings is 1. The number of carbonyl (C=O) groups excluding carboxylic acids is 1. The summed E-state index contributed by atoms with van der Waals surface area (Å²) < 4.78 is 11.5. The molecule has 2 N–H and O–H groups in total. The topological polar surface area (TPSA) is 59.6 Å². The average Bonchev–Trinajstić information content (AvgIpc) is 3.10. The van der Waals surface area contributed by atoms with Crippen molar-refractivity contribution in [2.24, 2.45) is 5.92 Å². The Hall–Kier alpha value is -1.75. The van der Waals surface area contributed by atoms with Gasteiger partial charge in [-0.15, -0.1) is 0 Å². The standard InChI is InChI=1S/C19H28N2O3/c1-13-9-10-20-12-16(13)21-19(22)14-7-8-17(18(11-14)23-2)24-15-5-3-4-6-15/h7-8,11,13,15-16,20H,3-6,9-10,12H2,1-2H3,(H,21,22). The fourth-order valence-corrected chi connectivity index (χ4v) is 3.53. The minimum Gasteiger partial charge on any atom is -0.493 e. The first kappa shape index (κ1) is 17.1. The molecule has 0 aromatic heterocycles. The molecule has 0 bridgehead atoms. The number of ether oxygens (including phenoxy) is 2. The van der Waals surface area contributed by atoms with Crippen LogP contribution in [-0.4, -0.2) is 38.3 Å². The van der Waals surface area contributed by atoms with Crippen molar-refractivity contribution in [3.05, 3.63) is 23.8 Å². The zero-order valence-corrected chi connectivity index (χ0v) is 14.6. The van der Waals surface area contributed by atoms with Gasteiger partial charge in [0.1, 0.15) is 0 Å². The molecule has 5 heteroatoms. The van der Waals surface area contributed by atoms with Gasteiger partial charge in [0.25, 0.3) is 5.91 Å². The van der Waals surface area contributed by atoms with Gasteiger partial charge in [-0.1, -0.05) is 6.92 Å². The first-order chi connectivity index (χ1) is 11.7. The highest BCUT2D eigenvalue weighted by molar-refractivity contribution is 5.95. The third-order valence-electron chi connectivity index (χ3n) is 5.17. The fraction of sp³-hybridized carbons (Fsp3) is 0.632. The lowest BCUT2D eigenvalue weighted by Gasteiger charge is -2.30. The third-order valence-corrected chi connectivity index (χ3v) is 5.17. The normalized spacial score (nSPS) is 24.6. The molecule has 1 saturated heterocycles. The van der Waals surface area contributed by atoms with Crippen LogP contribution in [0.25, 0.3) is 0 Å². The summed E-state index contributed by atoms with van der Waals surface area (Å²) in [5, 5.41) is 6.47. The molecule has 1 aromatic rings. The van der Waals surface area contributed by atoms with E-state index in [4.69, 9.17) is 9.47 Å². The maximum atomic E-state index is 12.5. The molecule has 1 aromatic carbocycles. The number of amides is 1. The van der Waals surface area contributed by atoms with Gasteiger partial charge in [-0.3, -0.25) is 4.79 Å². The summed E-state index contributed by atoms with van der Waals surface area (Å²) in [7, 11) is 1.62. The van der Waals surface area contributed by atoms with Gasteiger partial charge in [0.2, 0.25) is 0 Å². The van der Waals surface area contributed by atoms with Gasteiger partial charge in [-0.25, -0.2) is 0 Å². The summed E-state index contributed by atoms with van der Waals surface area (Å²) >= 11 is 0. The van der Waals surface area contributed by atoms with E-state index in [-0.39, 0.29) is 18.1 Å². The lowest BCUT2D eigenvalue weighted by atomic mass is 9.94. The van der Waals surface area contributed by atoms with E-state index in [9.17, 15) is 4.79 Å². The third kappa shape index (κ3) is 4.01. The van der Waals surface area contributed by atoms with Crippen molar-refractivity contribution in [1.29, 1.82) is 0 Å². The Labute approximate surface area is 144 Å². The van der Waals surface area contributed by atoms with Crippen molar-refractivity contribution >= 4 is 5.91 Å². The largest absolute Gasteiger partial charge is 0.493 e. The van der Waals surface area contributed by atoms with Crippen LogP contribution in [0.15, 0.2) is 18.2 Å². The van der Waals surface area contributed by atoms with Crippen LogP contribution in [0.3, 0.4) is 0 Å². The number of rotatable bonds is 5. The van der Waals surface area contributed by atoms with E-state index in [1.165, 1.54) is 12.8 Å². The molecular formula is C19H28N2O3. The van der Waals surface area contributed by atoms with Crippen molar-refractivity contribution in [3.8, 4) is 11.5 Å². The maximum Gasteiger partial charge on any atom is 0.251 e. The number of hydrogen-bond acceptors (Lipinski definition) is 4. The molecule has 0 spiro atoms. The molecule has 3 rings (SSSR count). The second kappa shape index (κ2) is 7.88. The van der Waals surface area contributed by atoms with E-state index >= 15 is 0 Å². The Morgan fingerprint density at radius 3 is 2.71 bits per heavy atom. The van der Waals surface area contributed by atoms with Crippen LogP contribution >= 0.6 is 0 Å². The summed E-state index contributed by atoms with van der Waals surface area (Å²) in [4.78, 5) is 12.5. The molecule has 5 nitrogen and oxygen atoms in total. The summed E-state index contributed by atoms with van der Waals surface area (Å²) in [6.45, 7) is 4.03. The van der Waals surface area contributed by atoms with Gasteiger partial charge < -0.3 is 20.1 Å². The number of hydrogen-bond donors (Lipinski definition) is 2. The number of piperidine rings is 1. The lowest BCUT2D eigenvalue weighted by molar-refractivity contribution is 0.0914.